The highest BCUT2D eigenvalue weighted by Crippen LogP contribution is 2.34. The number of nitrogens with zero attached hydrogens (tertiary/aromatic N) is 1. The monoisotopic (exact) mass is 297 g/mol. The Hall–Kier alpha value is -0.650. The number of nitrogens with two attached hydrogens (primary N) is 1. The van der Waals surface area contributed by atoms with Crippen LogP contribution in [-0.4, -0.2) is 53.7 Å². The number of carbonyl (C=O) groups excluding carboxylic acids is 1. The van der Waals surface area contributed by atoms with E-state index in [0.717, 1.165) is 45.3 Å². The summed E-state index contributed by atoms with van der Waals surface area (Å²) in [4.78, 5) is 14.5. The standard InChI is InChI=1S/C16H31N3O2/c1-5-18-16(14(17)20)8-6-7-13(9-16)19-10-12(2)21-15(3,4)11-19/h12-13,18H,5-11H2,1-4H3,(H2,17,20). The van der Waals surface area contributed by atoms with Gasteiger partial charge >= 0.3 is 0 Å². The fourth-order valence-electron chi connectivity index (χ4n) is 4.15. The zero-order valence-corrected chi connectivity index (χ0v) is 13.9. The van der Waals surface area contributed by atoms with Gasteiger partial charge in [0, 0.05) is 19.1 Å². The molecule has 1 amide bonds. The highest BCUT2D eigenvalue weighted by Gasteiger charge is 2.44. The summed E-state index contributed by atoms with van der Waals surface area (Å²) < 4.78 is 5.99. The molecule has 122 valence electrons. The molecule has 0 aromatic heterocycles. The number of hydrogen-bond acceptors (Lipinski definition) is 4. The predicted molar refractivity (Wildman–Crippen MR) is 84.1 cm³/mol. The van der Waals surface area contributed by atoms with Gasteiger partial charge in [-0.1, -0.05) is 6.92 Å². The van der Waals surface area contributed by atoms with E-state index in [2.05, 4.69) is 31.0 Å². The third-order valence-electron chi connectivity index (χ3n) is 4.82. The van der Waals surface area contributed by atoms with E-state index >= 15 is 0 Å². The van der Waals surface area contributed by atoms with Crippen LogP contribution in [0.25, 0.3) is 0 Å². The number of likely N-dealkylation sites (N-methyl/N-ethyl adjacent to an activating group) is 1. The first-order valence-corrected chi connectivity index (χ1v) is 8.25. The Morgan fingerprint density at radius 1 is 1.48 bits per heavy atom. The van der Waals surface area contributed by atoms with Gasteiger partial charge in [-0.2, -0.15) is 0 Å². The molecule has 3 N–H and O–H groups in total. The molecule has 1 heterocycles. The second-order valence-corrected chi connectivity index (χ2v) is 7.34. The Kier molecular flexibility index (Phi) is 4.96. The van der Waals surface area contributed by atoms with Crippen molar-refractivity contribution in [2.24, 2.45) is 5.73 Å². The van der Waals surface area contributed by atoms with Crippen LogP contribution >= 0.6 is 0 Å². The van der Waals surface area contributed by atoms with Crippen molar-refractivity contribution in [3.05, 3.63) is 0 Å². The van der Waals surface area contributed by atoms with Gasteiger partial charge < -0.3 is 15.8 Å². The van der Waals surface area contributed by atoms with Gasteiger partial charge in [0.25, 0.3) is 0 Å². The number of amides is 1. The van der Waals surface area contributed by atoms with Crippen LogP contribution < -0.4 is 11.1 Å². The molecule has 3 atom stereocenters. The highest BCUT2D eigenvalue weighted by molar-refractivity contribution is 5.84. The van der Waals surface area contributed by atoms with E-state index in [9.17, 15) is 4.79 Å². The van der Waals surface area contributed by atoms with E-state index in [0.29, 0.717) is 6.04 Å². The third kappa shape index (κ3) is 3.76. The zero-order valence-electron chi connectivity index (χ0n) is 13.9. The maximum Gasteiger partial charge on any atom is 0.237 e. The van der Waals surface area contributed by atoms with Crippen LogP contribution in [-0.2, 0) is 9.53 Å². The summed E-state index contributed by atoms with van der Waals surface area (Å²) >= 11 is 0. The van der Waals surface area contributed by atoms with Crippen LogP contribution in [0.1, 0.15) is 53.4 Å². The summed E-state index contributed by atoms with van der Waals surface area (Å²) in [6, 6.07) is 0.413. The fourth-order valence-corrected chi connectivity index (χ4v) is 4.15. The first kappa shape index (κ1) is 16.7. The van der Waals surface area contributed by atoms with Gasteiger partial charge in [0.1, 0.15) is 0 Å². The molecule has 2 fully saturated rings. The van der Waals surface area contributed by atoms with Crippen LogP contribution in [0.3, 0.4) is 0 Å². The molecule has 0 aromatic carbocycles. The van der Waals surface area contributed by atoms with Crippen molar-refractivity contribution in [2.45, 2.75) is 76.7 Å². The Bertz CT molecular complexity index is 382. The average Bonchev–Trinajstić information content (AvgIpc) is 2.37. The van der Waals surface area contributed by atoms with Gasteiger partial charge in [0.2, 0.25) is 5.91 Å². The van der Waals surface area contributed by atoms with Gasteiger partial charge in [0.05, 0.1) is 17.2 Å². The maximum absolute atomic E-state index is 12.0. The van der Waals surface area contributed by atoms with Crippen LogP contribution in [0.5, 0.6) is 0 Å². The largest absolute Gasteiger partial charge is 0.370 e. The van der Waals surface area contributed by atoms with E-state index in [4.69, 9.17) is 10.5 Å². The average molecular weight is 297 g/mol. The first-order chi connectivity index (χ1) is 9.78. The number of primary amides is 1. The van der Waals surface area contributed by atoms with Crippen molar-refractivity contribution in [1.29, 1.82) is 0 Å². The molecule has 0 spiro atoms. The minimum Gasteiger partial charge on any atom is -0.370 e. The van der Waals surface area contributed by atoms with Crippen molar-refractivity contribution in [2.75, 3.05) is 19.6 Å². The number of nitrogens with one attached hydrogen (secondary N) is 1. The Labute approximate surface area is 128 Å². The first-order valence-electron chi connectivity index (χ1n) is 8.25. The number of ether oxygens (including phenoxy) is 1. The minimum atomic E-state index is -0.524. The normalized spacial score (nSPS) is 37.3. The second-order valence-electron chi connectivity index (χ2n) is 7.34. The Morgan fingerprint density at radius 2 is 2.19 bits per heavy atom. The lowest BCUT2D eigenvalue weighted by Gasteiger charge is -2.49. The van der Waals surface area contributed by atoms with Gasteiger partial charge in [-0.25, -0.2) is 0 Å². The lowest BCUT2D eigenvalue weighted by atomic mass is 9.77. The Balaban J connectivity index is 2.11. The van der Waals surface area contributed by atoms with Crippen molar-refractivity contribution in [3.63, 3.8) is 0 Å². The summed E-state index contributed by atoms with van der Waals surface area (Å²) in [5.74, 6) is -0.199. The molecule has 1 saturated carbocycles. The molecule has 0 aromatic rings. The van der Waals surface area contributed by atoms with E-state index in [1.165, 1.54) is 0 Å². The smallest absolute Gasteiger partial charge is 0.237 e. The molecule has 0 radical (unpaired) electrons. The lowest BCUT2D eigenvalue weighted by molar-refractivity contribution is -0.145. The highest BCUT2D eigenvalue weighted by atomic mass is 16.5. The molecular formula is C16H31N3O2. The summed E-state index contributed by atoms with van der Waals surface area (Å²) in [6.07, 6.45) is 4.10. The molecule has 1 aliphatic carbocycles. The minimum absolute atomic E-state index is 0.122. The SMILES string of the molecule is CCNC1(C(N)=O)CCCC(N2CC(C)OC(C)(C)C2)C1. The summed E-state index contributed by atoms with van der Waals surface area (Å²) in [5.41, 5.74) is 5.07. The van der Waals surface area contributed by atoms with E-state index in [-0.39, 0.29) is 17.6 Å². The van der Waals surface area contributed by atoms with Crippen molar-refractivity contribution in [3.8, 4) is 0 Å². The van der Waals surface area contributed by atoms with Crippen LogP contribution in [0.2, 0.25) is 0 Å². The summed E-state index contributed by atoms with van der Waals surface area (Å²) in [6.45, 7) is 11.1. The molecular weight excluding hydrogens is 266 g/mol. The van der Waals surface area contributed by atoms with Gasteiger partial charge in [-0.05, 0) is 53.0 Å². The van der Waals surface area contributed by atoms with Gasteiger partial charge in [-0.3, -0.25) is 9.69 Å². The van der Waals surface area contributed by atoms with Gasteiger partial charge in [0.15, 0.2) is 0 Å². The molecule has 0 bridgehead atoms. The van der Waals surface area contributed by atoms with Crippen LogP contribution in [0, 0.1) is 0 Å². The van der Waals surface area contributed by atoms with E-state index in [1.54, 1.807) is 0 Å². The van der Waals surface area contributed by atoms with Crippen LogP contribution in [0.15, 0.2) is 0 Å². The van der Waals surface area contributed by atoms with E-state index < -0.39 is 5.54 Å². The number of morpholine rings is 1. The molecule has 1 saturated heterocycles. The number of carbonyl (C=O) groups is 1. The molecule has 5 nitrogen and oxygen atoms in total. The molecule has 3 unspecified atom stereocenters. The second kappa shape index (κ2) is 6.23. The van der Waals surface area contributed by atoms with E-state index in [1.807, 2.05) is 6.92 Å². The lowest BCUT2D eigenvalue weighted by Crippen LogP contribution is -2.63. The molecule has 5 heteroatoms. The summed E-state index contributed by atoms with van der Waals surface area (Å²) in [5, 5.41) is 3.37. The molecule has 2 aliphatic rings. The molecule has 21 heavy (non-hydrogen) atoms. The molecule has 2 rings (SSSR count). The zero-order chi connectivity index (χ0) is 15.7. The van der Waals surface area contributed by atoms with Crippen molar-refractivity contribution in [1.82, 2.24) is 10.2 Å². The quantitative estimate of drug-likeness (QED) is 0.820. The topological polar surface area (TPSA) is 67.6 Å². The van der Waals surface area contributed by atoms with Crippen molar-refractivity contribution >= 4 is 5.91 Å². The third-order valence-corrected chi connectivity index (χ3v) is 4.82. The van der Waals surface area contributed by atoms with Crippen LogP contribution in [0.4, 0.5) is 0 Å². The fraction of sp³-hybridized carbons (Fsp3) is 0.938. The van der Waals surface area contributed by atoms with Gasteiger partial charge in [-0.15, -0.1) is 0 Å². The van der Waals surface area contributed by atoms with Crippen molar-refractivity contribution < 1.29 is 9.53 Å². The predicted octanol–water partition coefficient (Wildman–Crippen LogP) is 1.26. The molecule has 1 aliphatic heterocycles. The number of rotatable bonds is 4. The number of hydrogen-bond donors (Lipinski definition) is 2. The Morgan fingerprint density at radius 3 is 2.76 bits per heavy atom. The maximum atomic E-state index is 12.0. The summed E-state index contributed by atoms with van der Waals surface area (Å²) in [7, 11) is 0.